The third-order valence-corrected chi connectivity index (χ3v) is 11.4. The summed E-state index contributed by atoms with van der Waals surface area (Å²) in [6.45, 7) is 7.30. The minimum absolute atomic E-state index is 0.0709. The van der Waals surface area contributed by atoms with Crippen molar-refractivity contribution < 1.29 is 33.5 Å². The van der Waals surface area contributed by atoms with E-state index in [9.17, 15) is 8.78 Å². The van der Waals surface area contributed by atoms with E-state index in [0.717, 1.165) is 71.3 Å². The number of anilines is 3. The van der Waals surface area contributed by atoms with Gasteiger partial charge < -0.3 is 29.1 Å². The Labute approximate surface area is 326 Å². The van der Waals surface area contributed by atoms with Crippen LogP contribution in [0.25, 0.3) is 21.8 Å². The van der Waals surface area contributed by atoms with E-state index in [2.05, 4.69) is 40.0 Å². The van der Waals surface area contributed by atoms with Crippen LogP contribution in [0.5, 0.6) is 17.2 Å². The normalized spacial score (nSPS) is 13.3. The van der Waals surface area contributed by atoms with Crippen LogP contribution in [-0.2, 0) is 0 Å². The summed E-state index contributed by atoms with van der Waals surface area (Å²) in [6, 6.07) is 17.0. The van der Waals surface area contributed by atoms with Crippen LogP contribution >= 0.6 is 35.0 Å². The fourth-order valence-electron chi connectivity index (χ4n) is 5.75. The summed E-state index contributed by atoms with van der Waals surface area (Å²) in [5.74, 6) is 2.14. The monoisotopic (exact) mass is 798 g/mol. The Morgan fingerprint density at radius 2 is 1.63 bits per heavy atom. The van der Waals surface area contributed by atoms with Crippen molar-refractivity contribution in [2.75, 3.05) is 55.9 Å². The summed E-state index contributed by atoms with van der Waals surface area (Å²) in [4.78, 5) is 17.7. The first-order valence-corrected chi connectivity index (χ1v) is 20.2. The minimum Gasteiger partial charge on any atom is -0.493 e. The van der Waals surface area contributed by atoms with E-state index in [1.165, 1.54) is 18.2 Å². The molecule has 1 fully saturated rings. The molecule has 0 aliphatic carbocycles. The zero-order chi connectivity index (χ0) is 38.6. The topological polar surface area (TPSA) is 134 Å². The molecule has 0 radical (unpaired) electrons. The fourth-order valence-corrected chi connectivity index (χ4v) is 7.93. The third kappa shape index (κ3) is 10.3. The maximum atomic E-state index is 14.3. The number of rotatable bonds is 15. The van der Waals surface area contributed by atoms with Crippen molar-refractivity contribution >= 4 is 52.4 Å². The molecular weight excluding hydrogens is 755 g/mol. The predicted octanol–water partition coefficient (Wildman–Crippen LogP) is 9.77. The average Bonchev–Trinajstić information content (AvgIpc) is 3.65. The van der Waals surface area contributed by atoms with Gasteiger partial charge >= 0.3 is 0 Å². The molecule has 2 aromatic heterocycles. The first-order chi connectivity index (χ1) is 26.3. The zero-order valence-corrected chi connectivity index (χ0v) is 33.1. The van der Waals surface area contributed by atoms with Crippen LogP contribution in [0.3, 0.4) is 0 Å². The molecule has 11 nitrogen and oxygen atoms in total. The molecule has 4 N–H and O–H groups in total. The van der Waals surface area contributed by atoms with Crippen LogP contribution < -0.4 is 24.2 Å². The van der Waals surface area contributed by atoms with E-state index in [4.69, 9.17) is 34.7 Å². The SMILES string of the molecule is COc1cc(Nc2nccc(-c3sc(C(C)C)nc3-c3cccc(NSc4c(F)cccc4F)c3)n2)cc(OC)c1OC1CCN(CCSC)CC1.OO. The Morgan fingerprint density at radius 3 is 2.28 bits per heavy atom. The molecule has 1 aliphatic heterocycles. The molecule has 1 aliphatic rings. The van der Waals surface area contributed by atoms with Crippen molar-refractivity contribution in [3.63, 3.8) is 0 Å². The van der Waals surface area contributed by atoms with E-state index in [1.807, 2.05) is 54.2 Å². The second kappa shape index (κ2) is 19.9. The van der Waals surface area contributed by atoms with Gasteiger partial charge in [0.2, 0.25) is 11.7 Å². The van der Waals surface area contributed by atoms with Gasteiger partial charge in [0.25, 0.3) is 0 Å². The first kappa shape index (κ1) is 41.0. The molecule has 54 heavy (non-hydrogen) atoms. The third-order valence-electron chi connectivity index (χ3n) is 8.50. The highest BCUT2D eigenvalue weighted by molar-refractivity contribution is 8.00. The van der Waals surface area contributed by atoms with E-state index < -0.39 is 11.6 Å². The maximum Gasteiger partial charge on any atom is 0.227 e. The molecular formula is C38H44F2N6O5S3. The molecule has 288 valence electrons. The van der Waals surface area contributed by atoms with Crippen LogP contribution in [0.15, 0.2) is 71.8 Å². The molecule has 0 saturated carbocycles. The Morgan fingerprint density at radius 1 is 0.944 bits per heavy atom. The number of thioether (sulfide) groups is 1. The molecule has 3 heterocycles. The van der Waals surface area contributed by atoms with Crippen molar-refractivity contribution in [3.05, 3.63) is 83.5 Å². The van der Waals surface area contributed by atoms with E-state index in [1.54, 1.807) is 31.8 Å². The lowest BCUT2D eigenvalue weighted by Crippen LogP contribution is -2.39. The summed E-state index contributed by atoms with van der Waals surface area (Å²) >= 11 is 4.33. The van der Waals surface area contributed by atoms with E-state index >= 15 is 0 Å². The van der Waals surface area contributed by atoms with Gasteiger partial charge in [-0.3, -0.25) is 10.5 Å². The molecule has 0 amide bonds. The number of aromatic nitrogens is 3. The number of nitrogens with zero attached hydrogens (tertiary/aromatic N) is 4. The summed E-state index contributed by atoms with van der Waals surface area (Å²) < 4.78 is 49.6. The molecule has 0 spiro atoms. The quantitative estimate of drug-likeness (QED) is 0.0455. The molecule has 0 atom stereocenters. The molecule has 6 rings (SSSR count). The Bertz CT molecular complexity index is 1930. The van der Waals surface area contributed by atoms with Gasteiger partial charge in [-0.05, 0) is 61.4 Å². The lowest BCUT2D eigenvalue weighted by molar-refractivity contribution is -0.176. The Balaban J connectivity index is 0.00000276. The Hall–Kier alpha value is -4.19. The molecule has 16 heteroatoms. The van der Waals surface area contributed by atoms with Gasteiger partial charge in [-0.1, -0.05) is 32.0 Å². The number of hydrogen-bond donors (Lipinski definition) is 4. The van der Waals surface area contributed by atoms with Crippen molar-refractivity contribution in [2.24, 2.45) is 0 Å². The lowest BCUT2D eigenvalue weighted by Gasteiger charge is -2.32. The number of hydrogen-bond acceptors (Lipinski definition) is 14. The second-order valence-electron chi connectivity index (χ2n) is 12.5. The average molecular weight is 799 g/mol. The lowest BCUT2D eigenvalue weighted by atomic mass is 10.1. The standard InChI is InChI=1S/C38H42F2N6O3S3.H2O2/c1-23(2)37-44-33(24-8-6-9-25(20-24)45-52-35-28(39)10-7-11-29(35)40)36(51-37)30-12-15-41-38(43-30)42-26-21-31(47-3)34(32(22-26)48-4)49-27-13-16-46(17-14-27)18-19-50-5;1-2/h6-12,15,20-23,27,45H,13-14,16-19H2,1-5H3,(H,41,42,43);1-2H. The second-order valence-corrected chi connectivity index (χ2v) is 15.3. The van der Waals surface area contributed by atoms with Crippen LogP contribution in [-0.4, -0.2) is 82.3 Å². The number of nitrogens with one attached hydrogen (secondary N) is 2. The maximum absolute atomic E-state index is 14.3. The summed E-state index contributed by atoms with van der Waals surface area (Å²) in [5, 5.41) is 16.3. The molecule has 0 bridgehead atoms. The number of thiazole rings is 1. The number of halogens is 2. The van der Waals surface area contributed by atoms with Crippen LogP contribution in [0.4, 0.5) is 26.1 Å². The van der Waals surface area contributed by atoms with Gasteiger partial charge in [-0.25, -0.2) is 23.7 Å². The highest BCUT2D eigenvalue weighted by Gasteiger charge is 2.25. The fraction of sp³-hybridized carbons (Fsp3) is 0.342. The number of ether oxygens (including phenoxy) is 3. The van der Waals surface area contributed by atoms with Crippen molar-refractivity contribution in [2.45, 2.75) is 43.6 Å². The van der Waals surface area contributed by atoms with Crippen molar-refractivity contribution in [1.29, 1.82) is 0 Å². The summed E-state index contributed by atoms with van der Waals surface area (Å²) in [7, 11) is 3.24. The molecule has 1 saturated heterocycles. The highest BCUT2D eigenvalue weighted by atomic mass is 32.2. The smallest absolute Gasteiger partial charge is 0.227 e. The minimum atomic E-state index is -0.625. The Kier molecular flexibility index (Phi) is 15.1. The first-order valence-electron chi connectivity index (χ1n) is 17.2. The number of benzene rings is 3. The van der Waals surface area contributed by atoms with Gasteiger partial charge in [0, 0.05) is 66.6 Å². The van der Waals surface area contributed by atoms with E-state index in [0.29, 0.717) is 40.3 Å². The van der Waals surface area contributed by atoms with Crippen molar-refractivity contribution in [1.82, 2.24) is 19.9 Å². The molecule has 0 unspecified atom stereocenters. The van der Waals surface area contributed by atoms with Gasteiger partial charge in [0.05, 0.1) is 40.4 Å². The van der Waals surface area contributed by atoms with E-state index in [-0.39, 0.29) is 16.9 Å². The molecule has 3 aromatic carbocycles. The number of likely N-dealkylation sites (tertiary alicyclic amines) is 1. The predicted molar refractivity (Wildman–Crippen MR) is 215 cm³/mol. The van der Waals surface area contributed by atoms with Crippen molar-refractivity contribution in [3.8, 4) is 39.1 Å². The van der Waals surface area contributed by atoms with Gasteiger partial charge in [-0.15, -0.1) is 11.3 Å². The summed E-state index contributed by atoms with van der Waals surface area (Å²) in [5.41, 5.74) is 3.64. The highest BCUT2D eigenvalue weighted by Crippen LogP contribution is 2.43. The van der Waals surface area contributed by atoms with Gasteiger partial charge in [0.15, 0.2) is 11.5 Å². The van der Waals surface area contributed by atoms with Gasteiger partial charge in [-0.2, -0.15) is 11.8 Å². The molecule has 5 aromatic rings. The summed E-state index contributed by atoms with van der Waals surface area (Å²) in [6.07, 6.45) is 5.79. The zero-order valence-electron chi connectivity index (χ0n) is 30.6. The van der Waals surface area contributed by atoms with Crippen LogP contribution in [0.1, 0.15) is 37.6 Å². The van der Waals surface area contributed by atoms with Crippen LogP contribution in [0, 0.1) is 11.6 Å². The van der Waals surface area contributed by atoms with Crippen LogP contribution in [0.2, 0.25) is 0 Å². The number of methoxy groups -OCH3 is 2. The largest absolute Gasteiger partial charge is 0.493 e. The van der Waals surface area contributed by atoms with Gasteiger partial charge in [0.1, 0.15) is 17.7 Å². The number of piperidine rings is 1.